The number of hydrogen-bond donors (Lipinski definition) is 2. The Morgan fingerprint density at radius 2 is 1.56 bits per heavy atom. The number of hydrogen-bond acceptors (Lipinski definition) is 4. The number of nitrogens with one attached hydrogen (secondary N) is 1. The van der Waals surface area contributed by atoms with Gasteiger partial charge in [-0.25, -0.2) is 0 Å². The fourth-order valence-electron chi connectivity index (χ4n) is 3.74. The first-order valence-corrected chi connectivity index (χ1v) is 11.5. The molecule has 6 heteroatoms. The van der Waals surface area contributed by atoms with Crippen molar-refractivity contribution in [3.8, 4) is 0 Å². The molecule has 2 rings (SSSR count). The highest BCUT2D eigenvalue weighted by Crippen LogP contribution is 2.36. The van der Waals surface area contributed by atoms with Crippen LogP contribution in [0.15, 0.2) is 48.5 Å². The van der Waals surface area contributed by atoms with Crippen LogP contribution >= 0.6 is 11.6 Å². The van der Waals surface area contributed by atoms with Crippen LogP contribution in [0.25, 0.3) is 0 Å². The molecule has 5 nitrogen and oxygen atoms in total. The molecule has 0 aliphatic carbocycles. The second-order valence-corrected chi connectivity index (χ2v) is 9.39. The fourth-order valence-corrected chi connectivity index (χ4v) is 3.87. The zero-order valence-electron chi connectivity index (χ0n) is 19.4. The molecule has 0 saturated carbocycles. The molecule has 0 bridgehead atoms. The Morgan fingerprint density at radius 1 is 1.00 bits per heavy atom. The van der Waals surface area contributed by atoms with E-state index in [2.05, 4.69) is 12.2 Å². The van der Waals surface area contributed by atoms with Gasteiger partial charge in [0.2, 0.25) is 0 Å². The maximum atomic E-state index is 12.4. The Bertz CT molecular complexity index is 872. The highest BCUT2D eigenvalue weighted by molar-refractivity contribution is 6.30. The van der Waals surface area contributed by atoms with Gasteiger partial charge in [-0.3, -0.25) is 9.59 Å². The van der Waals surface area contributed by atoms with E-state index in [1.165, 1.54) is 0 Å². The molecular formula is C26H34ClNO4. The molecule has 174 valence electrons. The summed E-state index contributed by atoms with van der Waals surface area (Å²) < 4.78 is 5.25. The van der Waals surface area contributed by atoms with Crippen molar-refractivity contribution in [2.75, 3.05) is 13.2 Å². The SMILES string of the molecule is CCCC(c1ccc(C(=O)NCCC(=O)OC(C)(C)C)cc1)C(CO)c1ccc(Cl)cc1. The highest BCUT2D eigenvalue weighted by atomic mass is 35.5. The van der Waals surface area contributed by atoms with Gasteiger partial charge < -0.3 is 15.2 Å². The summed E-state index contributed by atoms with van der Waals surface area (Å²) >= 11 is 6.02. The zero-order chi connectivity index (χ0) is 23.7. The monoisotopic (exact) mass is 459 g/mol. The lowest BCUT2D eigenvalue weighted by molar-refractivity contribution is -0.154. The van der Waals surface area contributed by atoms with E-state index in [9.17, 15) is 14.7 Å². The van der Waals surface area contributed by atoms with Crippen LogP contribution in [0, 0.1) is 0 Å². The number of aliphatic hydroxyl groups excluding tert-OH is 1. The number of benzene rings is 2. The summed E-state index contributed by atoms with van der Waals surface area (Å²) in [4.78, 5) is 24.2. The number of halogens is 1. The third-order valence-corrected chi connectivity index (χ3v) is 5.47. The van der Waals surface area contributed by atoms with E-state index in [4.69, 9.17) is 16.3 Å². The van der Waals surface area contributed by atoms with Crippen molar-refractivity contribution in [1.82, 2.24) is 5.32 Å². The lowest BCUT2D eigenvalue weighted by Crippen LogP contribution is -2.29. The minimum Gasteiger partial charge on any atom is -0.460 e. The summed E-state index contributed by atoms with van der Waals surface area (Å²) in [5.74, 6) is -0.507. The largest absolute Gasteiger partial charge is 0.460 e. The second kappa shape index (κ2) is 12.0. The minimum atomic E-state index is -0.537. The standard InChI is InChI=1S/C26H34ClNO4/c1-5-6-22(23(17-29)19-11-13-21(27)14-12-19)18-7-9-20(10-8-18)25(31)28-16-15-24(30)32-26(2,3)4/h7-14,22-23,29H,5-6,15-17H2,1-4H3,(H,28,31). The van der Waals surface area contributed by atoms with E-state index in [0.717, 1.165) is 24.0 Å². The van der Waals surface area contributed by atoms with Gasteiger partial charge in [0.15, 0.2) is 0 Å². The van der Waals surface area contributed by atoms with Crippen molar-refractivity contribution in [1.29, 1.82) is 0 Å². The average molecular weight is 460 g/mol. The molecule has 2 atom stereocenters. The van der Waals surface area contributed by atoms with Crippen LogP contribution in [0.2, 0.25) is 5.02 Å². The second-order valence-electron chi connectivity index (χ2n) is 8.95. The zero-order valence-corrected chi connectivity index (χ0v) is 20.1. The lowest BCUT2D eigenvalue weighted by Gasteiger charge is -2.26. The Morgan fingerprint density at radius 3 is 2.09 bits per heavy atom. The van der Waals surface area contributed by atoms with Gasteiger partial charge in [-0.2, -0.15) is 0 Å². The first-order valence-electron chi connectivity index (χ1n) is 11.1. The van der Waals surface area contributed by atoms with Gasteiger partial charge in [0.05, 0.1) is 13.0 Å². The normalized spacial score (nSPS) is 13.3. The molecule has 0 aliphatic heterocycles. The number of rotatable bonds is 10. The topological polar surface area (TPSA) is 75.6 Å². The van der Waals surface area contributed by atoms with Crippen LogP contribution in [0.3, 0.4) is 0 Å². The molecule has 2 aromatic carbocycles. The number of amides is 1. The number of esters is 1. The number of carbonyl (C=O) groups is 2. The van der Waals surface area contributed by atoms with E-state index in [0.29, 0.717) is 10.6 Å². The highest BCUT2D eigenvalue weighted by Gasteiger charge is 2.24. The molecule has 2 unspecified atom stereocenters. The van der Waals surface area contributed by atoms with E-state index < -0.39 is 5.60 Å². The Labute approximate surface area is 196 Å². The van der Waals surface area contributed by atoms with Crippen LogP contribution in [0.4, 0.5) is 0 Å². The number of carbonyl (C=O) groups excluding carboxylic acids is 2. The van der Waals surface area contributed by atoms with Crippen molar-refractivity contribution in [3.63, 3.8) is 0 Å². The van der Waals surface area contributed by atoms with Gasteiger partial charge in [0.1, 0.15) is 5.60 Å². The number of ether oxygens (including phenoxy) is 1. The fraction of sp³-hybridized carbons (Fsp3) is 0.462. The van der Waals surface area contributed by atoms with Crippen molar-refractivity contribution in [2.45, 2.75) is 64.4 Å². The van der Waals surface area contributed by atoms with Gasteiger partial charge in [-0.1, -0.05) is 49.2 Å². The smallest absolute Gasteiger partial charge is 0.308 e. The van der Waals surface area contributed by atoms with Crippen molar-refractivity contribution in [3.05, 3.63) is 70.2 Å². The van der Waals surface area contributed by atoms with Crippen LogP contribution in [0.1, 0.15) is 80.3 Å². The van der Waals surface area contributed by atoms with Gasteiger partial charge >= 0.3 is 5.97 Å². The van der Waals surface area contributed by atoms with Gasteiger partial charge in [-0.05, 0) is 68.5 Å². The molecule has 0 heterocycles. The van der Waals surface area contributed by atoms with E-state index in [-0.39, 0.29) is 43.3 Å². The summed E-state index contributed by atoms with van der Waals surface area (Å²) in [6.07, 6.45) is 2.01. The summed E-state index contributed by atoms with van der Waals surface area (Å²) in [7, 11) is 0. The van der Waals surface area contributed by atoms with E-state index in [1.807, 2.05) is 57.2 Å². The lowest BCUT2D eigenvalue weighted by atomic mass is 9.79. The van der Waals surface area contributed by atoms with Crippen LogP contribution in [-0.4, -0.2) is 35.7 Å². The van der Waals surface area contributed by atoms with E-state index in [1.54, 1.807) is 12.1 Å². The van der Waals surface area contributed by atoms with Gasteiger partial charge in [-0.15, -0.1) is 0 Å². The molecule has 0 fully saturated rings. The summed E-state index contributed by atoms with van der Waals surface area (Å²) in [6.45, 7) is 7.80. The summed E-state index contributed by atoms with van der Waals surface area (Å²) in [5.41, 5.74) is 2.11. The Hall–Kier alpha value is -2.37. The van der Waals surface area contributed by atoms with Crippen molar-refractivity contribution < 1.29 is 19.4 Å². The predicted molar refractivity (Wildman–Crippen MR) is 128 cm³/mol. The Balaban J connectivity index is 2.05. The molecule has 1 amide bonds. The Kier molecular flexibility index (Phi) is 9.73. The third-order valence-electron chi connectivity index (χ3n) is 5.22. The van der Waals surface area contributed by atoms with Gasteiger partial charge in [0, 0.05) is 23.0 Å². The van der Waals surface area contributed by atoms with Crippen LogP contribution in [-0.2, 0) is 9.53 Å². The molecule has 0 saturated heterocycles. The first-order chi connectivity index (χ1) is 15.1. The quantitative estimate of drug-likeness (QED) is 0.462. The predicted octanol–water partition coefficient (Wildman–Crippen LogP) is 5.46. The van der Waals surface area contributed by atoms with E-state index >= 15 is 0 Å². The molecule has 0 aliphatic rings. The minimum absolute atomic E-state index is 0.0270. The first kappa shape index (κ1) is 25.9. The van der Waals surface area contributed by atoms with Crippen molar-refractivity contribution in [2.24, 2.45) is 0 Å². The van der Waals surface area contributed by atoms with Crippen molar-refractivity contribution >= 4 is 23.5 Å². The molecular weight excluding hydrogens is 426 g/mol. The molecule has 32 heavy (non-hydrogen) atoms. The third kappa shape index (κ3) is 7.95. The molecule has 0 spiro atoms. The van der Waals surface area contributed by atoms with Crippen LogP contribution in [0.5, 0.6) is 0 Å². The van der Waals surface area contributed by atoms with Crippen LogP contribution < -0.4 is 5.32 Å². The maximum absolute atomic E-state index is 12.4. The number of aliphatic hydroxyl groups is 1. The maximum Gasteiger partial charge on any atom is 0.308 e. The average Bonchev–Trinajstić information content (AvgIpc) is 2.73. The summed E-state index contributed by atoms with van der Waals surface area (Å²) in [6, 6.07) is 15.1. The molecule has 0 aromatic heterocycles. The summed E-state index contributed by atoms with van der Waals surface area (Å²) in [5, 5.41) is 13.6. The molecule has 2 N–H and O–H groups in total. The molecule has 0 radical (unpaired) electrons. The van der Waals surface area contributed by atoms with Gasteiger partial charge in [0.25, 0.3) is 5.91 Å². The molecule has 2 aromatic rings.